The van der Waals surface area contributed by atoms with E-state index in [9.17, 15) is 28.0 Å². The van der Waals surface area contributed by atoms with E-state index in [0.717, 1.165) is 0 Å². The van der Waals surface area contributed by atoms with Crippen LogP contribution in [0.1, 0.15) is 48.9 Å². The molecule has 4 rings (SSSR count). The zero-order chi connectivity index (χ0) is 31.8. The van der Waals surface area contributed by atoms with Crippen LogP contribution >= 0.6 is 23.2 Å². The molecule has 234 valence electrons. The SMILES string of the molecule is COC(=O)C1CCN(C(=O)OC)C(c2ccc(Cl)c(F)c2)C1.COC(=O)N1CCC(C(=O)O)CC1c1ccc(Cl)c(F)c1. The molecular formula is C29H32Cl2F2N2O8. The Morgan fingerprint density at radius 1 is 0.744 bits per heavy atom. The number of rotatable bonds is 4. The van der Waals surface area contributed by atoms with Crippen molar-refractivity contribution in [3.05, 3.63) is 69.2 Å². The van der Waals surface area contributed by atoms with Crippen molar-refractivity contribution in [2.75, 3.05) is 34.4 Å². The molecule has 2 amide bonds. The van der Waals surface area contributed by atoms with Gasteiger partial charge in [0.2, 0.25) is 0 Å². The molecule has 0 bridgehead atoms. The summed E-state index contributed by atoms with van der Waals surface area (Å²) < 4.78 is 41.6. The molecule has 14 heteroatoms. The largest absolute Gasteiger partial charge is 0.481 e. The molecule has 0 aromatic heterocycles. The van der Waals surface area contributed by atoms with Crippen LogP contribution in [0.25, 0.3) is 0 Å². The third-order valence-electron chi connectivity index (χ3n) is 7.56. The molecule has 0 radical (unpaired) electrons. The summed E-state index contributed by atoms with van der Waals surface area (Å²) in [6.07, 6.45) is 0.322. The fourth-order valence-electron chi connectivity index (χ4n) is 5.28. The van der Waals surface area contributed by atoms with Crippen molar-refractivity contribution in [3.8, 4) is 0 Å². The number of nitrogens with zero attached hydrogens (tertiary/aromatic N) is 2. The molecule has 0 spiro atoms. The van der Waals surface area contributed by atoms with Gasteiger partial charge in [-0.25, -0.2) is 18.4 Å². The molecule has 10 nitrogen and oxygen atoms in total. The normalized spacial score (nSPS) is 21.7. The highest BCUT2D eigenvalue weighted by Gasteiger charge is 2.38. The number of carbonyl (C=O) groups is 4. The van der Waals surface area contributed by atoms with Crippen LogP contribution in [0.3, 0.4) is 0 Å². The van der Waals surface area contributed by atoms with Gasteiger partial charge in [-0.2, -0.15) is 0 Å². The number of piperidine rings is 2. The number of hydrogen-bond acceptors (Lipinski definition) is 7. The molecule has 1 N–H and O–H groups in total. The molecule has 2 fully saturated rings. The number of carboxylic acids is 1. The number of likely N-dealkylation sites (tertiary alicyclic amines) is 2. The first-order chi connectivity index (χ1) is 20.4. The maximum atomic E-state index is 13.7. The van der Waals surface area contributed by atoms with Gasteiger partial charge in [-0.3, -0.25) is 9.59 Å². The summed E-state index contributed by atoms with van der Waals surface area (Å²) in [6, 6.07) is 7.57. The van der Waals surface area contributed by atoms with Gasteiger partial charge in [0.1, 0.15) is 11.6 Å². The zero-order valence-corrected chi connectivity index (χ0v) is 25.2. The number of aliphatic carboxylic acids is 1. The highest BCUT2D eigenvalue weighted by molar-refractivity contribution is 6.31. The number of hydrogen-bond donors (Lipinski definition) is 1. The van der Waals surface area contributed by atoms with Crippen molar-refractivity contribution in [2.45, 2.75) is 37.8 Å². The van der Waals surface area contributed by atoms with E-state index in [-0.39, 0.29) is 34.9 Å². The van der Waals surface area contributed by atoms with Gasteiger partial charge >= 0.3 is 24.1 Å². The average Bonchev–Trinajstić information content (AvgIpc) is 3.02. The minimum Gasteiger partial charge on any atom is -0.481 e. The molecule has 2 aliphatic heterocycles. The summed E-state index contributed by atoms with van der Waals surface area (Å²) in [5, 5.41) is 9.14. The molecule has 2 aromatic carbocycles. The fourth-order valence-corrected chi connectivity index (χ4v) is 5.51. The second-order valence-electron chi connectivity index (χ2n) is 10.0. The van der Waals surface area contributed by atoms with Crippen LogP contribution in [-0.2, 0) is 23.8 Å². The predicted octanol–water partition coefficient (Wildman–Crippen LogP) is 6.25. The van der Waals surface area contributed by atoms with Crippen LogP contribution in [0.15, 0.2) is 36.4 Å². The highest BCUT2D eigenvalue weighted by Crippen LogP contribution is 2.37. The molecule has 2 aliphatic rings. The van der Waals surface area contributed by atoms with Gasteiger partial charge in [0.15, 0.2) is 0 Å². The van der Waals surface area contributed by atoms with E-state index in [4.69, 9.17) is 42.5 Å². The van der Waals surface area contributed by atoms with Crippen LogP contribution in [0.5, 0.6) is 0 Å². The Bertz CT molecular complexity index is 1350. The van der Waals surface area contributed by atoms with Gasteiger partial charge in [-0.1, -0.05) is 35.3 Å². The molecule has 2 heterocycles. The number of carbonyl (C=O) groups excluding carboxylic acids is 3. The van der Waals surface area contributed by atoms with Crippen molar-refractivity contribution in [2.24, 2.45) is 11.8 Å². The van der Waals surface area contributed by atoms with E-state index in [1.165, 1.54) is 55.4 Å². The van der Waals surface area contributed by atoms with E-state index in [1.54, 1.807) is 12.1 Å². The van der Waals surface area contributed by atoms with Gasteiger partial charge in [0.05, 0.1) is 55.3 Å². The molecule has 2 saturated heterocycles. The topological polar surface area (TPSA) is 123 Å². The van der Waals surface area contributed by atoms with Gasteiger partial charge in [-0.05, 0) is 61.1 Å². The van der Waals surface area contributed by atoms with Crippen LogP contribution in [-0.4, -0.2) is 73.5 Å². The highest BCUT2D eigenvalue weighted by atomic mass is 35.5. The monoisotopic (exact) mass is 644 g/mol. The standard InChI is InChI=1S/C15H17ClFNO4.C14H15ClFNO4/c1-21-14(19)10-5-6-18(15(20)22-2)13(8-10)9-3-4-11(16)12(17)7-9;1-21-14(20)17-5-4-9(13(18)19)7-12(17)8-2-3-10(15)11(16)6-8/h3-4,7,10,13H,5-6,8H2,1-2H3;2-3,6,9,12H,4-5,7H2,1H3,(H,18,19). The molecular weight excluding hydrogens is 613 g/mol. The van der Waals surface area contributed by atoms with Gasteiger partial charge in [0.25, 0.3) is 0 Å². The molecule has 0 saturated carbocycles. The Morgan fingerprint density at radius 2 is 1.16 bits per heavy atom. The van der Waals surface area contributed by atoms with Crippen molar-refractivity contribution < 1.29 is 47.3 Å². The van der Waals surface area contributed by atoms with Gasteiger partial charge in [-0.15, -0.1) is 0 Å². The predicted molar refractivity (Wildman–Crippen MR) is 152 cm³/mol. The number of amides is 2. The number of carboxylic acid groups (broad SMARTS) is 1. The second-order valence-corrected chi connectivity index (χ2v) is 10.8. The maximum absolute atomic E-state index is 13.7. The first kappa shape index (κ1) is 33.9. The number of methoxy groups -OCH3 is 3. The maximum Gasteiger partial charge on any atom is 0.409 e. The summed E-state index contributed by atoms with van der Waals surface area (Å²) in [5.74, 6) is -3.33. The Balaban J connectivity index is 0.000000236. The Morgan fingerprint density at radius 3 is 1.53 bits per heavy atom. The summed E-state index contributed by atoms with van der Waals surface area (Å²) in [7, 11) is 3.87. The minimum atomic E-state index is -0.918. The summed E-state index contributed by atoms with van der Waals surface area (Å²) >= 11 is 11.3. The third kappa shape index (κ3) is 8.26. The van der Waals surface area contributed by atoms with E-state index < -0.39 is 47.8 Å². The van der Waals surface area contributed by atoms with Crippen molar-refractivity contribution >= 4 is 47.3 Å². The van der Waals surface area contributed by atoms with Crippen molar-refractivity contribution in [1.82, 2.24) is 9.80 Å². The molecule has 4 unspecified atom stereocenters. The van der Waals surface area contributed by atoms with E-state index in [2.05, 4.69) is 0 Å². The molecule has 2 aromatic rings. The van der Waals surface area contributed by atoms with E-state index >= 15 is 0 Å². The summed E-state index contributed by atoms with van der Waals surface area (Å²) in [6.45, 7) is 0.583. The Hall–Kier alpha value is -3.64. The minimum absolute atomic E-state index is 0.00805. The molecule has 43 heavy (non-hydrogen) atoms. The Kier molecular flexibility index (Phi) is 12.0. The first-order valence-corrected chi connectivity index (χ1v) is 14.1. The number of halogens is 4. The quantitative estimate of drug-likeness (QED) is 0.306. The lowest BCUT2D eigenvalue weighted by Crippen LogP contribution is -2.42. The number of ether oxygens (including phenoxy) is 3. The summed E-state index contributed by atoms with van der Waals surface area (Å²) in [5.41, 5.74) is 1.08. The van der Waals surface area contributed by atoms with Crippen LogP contribution in [0, 0.1) is 23.5 Å². The lowest BCUT2D eigenvalue weighted by molar-refractivity contribution is -0.147. The van der Waals surface area contributed by atoms with Gasteiger partial charge < -0.3 is 29.1 Å². The van der Waals surface area contributed by atoms with E-state index in [1.807, 2.05) is 0 Å². The zero-order valence-electron chi connectivity index (χ0n) is 23.7. The Labute approximate surface area is 257 Å². The lowest BCUT2D eigenvalue weighted by atomic mass is 9.87. The van der Waals surface area contributed by atoms with Gasteiger partial charge in [0, 0.05) is 13.1 Å². The smallest absolute Gasteiger partial charge is 0.409 e. The number of benzene rings is 2. The van der Waals surface area contributed by atoms with Crippen LogP contribution in [0.4, 0.5) is 18.4 Å². The fraction of sp³-hybridized carbons (Fsp3) is 0.448. The van der Waals surface area contributed by atoms with Crippen LogP contribution < -0.4 is 0 Å². The third-order valence-corrected chi connectivity index (χ3v) is 8.18. The van der Waals surface area contributed by atoms with Crippen LogP contribution in [0.2, 0.25) is 10.0 Å². The molecule has 0 aliphatic carbocycles. The van der Waals surface area contributed by atoms with Crippen molar-refractivity contribution in [3.63, 3.8) is 0 Å². The van der Waals surface area contributed by atoms with Crippen molar-refractivity contribution in [1.29, 1.82) is 0 Å². The number of esters is 1. The van der Waals surface area contributed by atoms with E-state index in [0.29, 0.717) is 36.9 Å². The summed E-state index contributed by atoms with van der Waals surface area (Å²) in [4.78, 5) is 49.6. The second kappa shape index (κ2) is 15.2. The molecule has 4 atom stereocenters. The lowest BCUT2D eigenvalue weighted by Gasteiger charge is -2.37. The average molecular weight is 645 g/mol. The first-order valence-electron chi connectivity index (χ1n) is 13.3.